The second-order valence-electron chi connectivity index (χ2n) is 5.96. The molecule has 1 unspecified atom stereocenters. The molecule has 3 rings (SSSR count). The largest absolute Gasteiger partial charge is 0.492 e. The van der Waals surface area contributed by atoms with Crippen molar-refractivity contribution >= 4 is 39.1 Å². The number of benzene rings is 2. The lowest BCUT2D eigenvalue weighted by Crippen LogP contribution is -2.18. The normalized spacial score (nSPS) is 17.2. The number of fused-ring (bicyclic) bond motifs is 1. The monoisotopic (exact) mass is 384 g/mol. The van der Waals surface area contributed by atoms with Crippen LogP contribution in [-0.2, 0) is 5.41 Å². The summed E-state index contributed by atoms with van der Waals surface area (Å²) < 4.78 is 6.65. The summed E-state index contributed by atoms with van der Waals surface area (Å²) in [4.78, 5) is 0. The summed E-state index contributed by atoms with van der Waals surface area (Å²) in [6.07, 6.45) is 0. The van der Waals surface area contributed by atoms with Crippen molar-refractivity contribution in [2.24, 2.45) is 0 Å². The first kappa shape index (κ1) is 15.2. The predicted molar refractivity (Wildman–Crippen MR) is 91.8 cm³/mol. The summed E-state index contributed by atoms with van der Waals surface area (Å²) in [6, 6.07) is 11.9. The SMILES string of the molecule is CC1(C)COc2ccc(C(Cl)c3ccc(Cl)cc3Br)cc21. The third kappa shape index (κ3) is 2.81. The number of hydrogen-bond acceptors (Lipinski definition) is 1. The van der Waals surface area contributed by atoms with Gasteiger partial charge in [0.25, 0.3) is 0 Å². The van der Waals surface area contributed by atoms with Gasteiger partial charge in [0.1, 0.15) is 5.75 Å². The van der Waals surface area contributed by atoms with Gasteiger partial charge in [0.15, 0.2) is 0 Å². The van der Waals surface area contributed by atoms with E-state index >= 15 is 0 Å². The highest BCUT2D eigenvalue weighted by Crippen LogP contribution is 2.42. The van der Waals surface area contributed by atoms with E-state index in [9.17, 15) is 0 Å². The van der Waals surface area contributed by atoms with E-state index in [0.717, 1.165) is 21.3 Å². The van der Waals surface area contributed by atoms with Crippen LogP contribution in [0.25, 0.3) is 0 Å². The third-order valence-corrected chi connectivity index (χ3v) is 5.26. The zero-order valence-corrected chi connectivity index (χ0v) is 14.9. The van der Waals surface area contributed by atoms with E-state index < -0.39 is 0 Å². The van der Waals surface area contributed by atoms with Crippen molar-refractivity contribution in [2.45, 2.75) is 24.6 Å². The number of ether oxygens (including phenoxy) is 1. The molecule has 0 fully saturated rings. The Hall–Kier alpha value is -0.700. The lowest BCUT2D eigenvalue weighted by atomic mass is 9.85. The Bertz CT molecular complexity index is 697. The third-order valence-electron chi connectivity index (χ3n) is 3.85. The minimum atomic E-state index is -0.224. The molecule has 1 aliphatic heterocycles. The maximum absolute atomic E-state index is 6.67. The fraction of sp³-hybridized carbons (Fsp3) is 0.294. The van der Waals surface area contributed by atoms with Crippen LogP contribution in [0, 0.1) is 0 Å². The molecule has 4 heteroatoms. The van der Waals surface area contributed by atoms with Crippen molar-refractivity contribution in [3.05, 3.63) is 62.6 Å². The highest BCUT2D eigenvalue weighted by molar-refractivity contribution is 9.10. The van der Waals surface area contributed by atoms with Gasteiger partial charge in [-0.05, 0) is 35.4 Å². The van der Waals surface area contributed by atoms with Crippen molar-refractivity contribution in [2.75, 3.05) is 6.61 Å². The second-order valence-corrected chi connectivity index (χ2v) is 7.68. The van der Waals surface area contributed by atoms with Crippen molar-refractivity contribution in [1.29, 1.82) is 0 Å². The molecule has 2 aromatic carbocycles. The maximum Gasteiger partial charge on any atom is 0.123 e. The first-order chi connectivity index (χ1) is 9.88. The van der Waals surface area contributed by atoms with Gasteiger partial charge in [-0.15, -0.1) is 11.6 Å². The van der Waals surface area contributed by atoms with Crippen LogP contribution in [0.5, 0.6) is 5.75 Å². The molecule has 0 bridgehead atoms. The van der Waals surface area contributed by atoms with Gasteiger partial charge in [0.2, 0.25) is 0 Å². The van der Waals surface area contributed by atoms with E-state index in [1.165, 1.54) is 5.56 Å². The molecule has 0 aliphatic carbocycles. The molecule has 0 aromatic heterocycles. The van der Waals surface area contributed by atoms with Crippen LogP contribution in [0.3, 0.4) is 0 Å². The molecule has 1 heterocycles. The molecule has 0 amide bonds. The molecule has 0 spiro atoms. The molecule has 110 valence electrons. The van der Waals surface area contributed by atoms with Crippen LogP contribution in [0.4, 0.5) is 0 Å². The minimum absolute atomic E-state index is 0.0270. The zero-order valence-electron chi connectivity index (χ0n) is 11.8. The molecule has 1 atom stereocenters. The molecular formula is C17H15BrCl2O. The standard InChI is InChI=1S/C17H15BrCl2O/c1-17(2)9-21-15-6-3-10(7-13(15)17)16(20)12-5-4-11(19)8-14(12)18/h3-8,16H,9H2,1-2H3. The quantitative estimate of drug-likeness (QED) is 0.567. The van der Waals surface area contributed by atoms with E-state index in [1.54, 1.807) is 0 Å². The molecular weight excluding hydrogens is 371 g/mol. The fourth-order valence-electron chi connectivity index (χ4n) is 2.58. The number of alkyl halides is 1. The molecule has 2 aromatic rings. The van der Waals surface area contributed by atoms with Gasteiger partial charge in [0.05, 0.1) is 12.0 Å². The zero-order chi connectivity index (χ0) is 15.2. The minimum Gasteiger partial charge on any atom is -0.492 e. The van der Waals surface area contributed by atoms with Crippen molar-refractivity contribution in [3.63, 3.8) is 0 Å². The van der Waals surface area contributed by atoms with Crippen LogP contribution >= 0.6 is 39.1 Å². The number of hydrogen-bond donors (Lipinski definition) is 0. The van der Waals surface area contributed by atoms with Gasteiger partial charge >= 0.3 is 0 Å². The van der Waals surface area contributed by atoms with Gasteiger partial charge < -0.3 is 4.74 Å². The average Bonchev–Trinajstić information content (AvgIpc) is 2.74. The molecule has 1 nitrogen and oxygen atoms in total. The summed E-state index contributed by atoms with van der Waals surface area (Å²) in [5, 5.41) is 0.469. The van der Waals surface area contributed by atoms with Crippen LogP contribution < -0.4 is 4.74 Å². The highest BCUT2D eigenvalue weighted by atomic mass is 79.9. The molecule has 0 saturated heterocycles. The summed E-state index contributed by atoms with van der Waals surface area (Å²) >= 11 is 16.2. The van der Waals surface area contributed by atoms with Crippen LogP contribution in [0.15, 0.2) is 40.9 Å². The molecule has 0 radical (unpaired) electrons. The Morgan fingerprint density at radius 3 is 2.67 bits per heavy atom. The van der Waals surface area contributed by atoms with Crippen LogP contribution in [-0.4, -0.2) is 6.61 Å². The molecule has 21 heavy (non-hydrogen) atoms. The van der Waals surface area contributed by atoms with E-state index in [1.807, 2.05) is 30.3 Å². The fourth-order valence-corrected chi connectivity index (χ4v) is 3.95. The van der Waals surface area contributed by atoms with Crippen molar-refractivity contribution < 1.29 is 4.74 Å². The Labute approximate surface area is 143 Å². The molecule has 0 N–H and O–H groups in total. The summed E-state index contributed by atoms with van der Waals surface area (Å²) in [7, 11) is 0. The Kier molecular flexibility index (Phi) is 3.98. The first-order valence-corrected chi connectivity index (χ1v) is 8.35. The van der Waals surface area contributed by atoms with E-state index in [4.69, 9.17) is 27.9 Å². The van der Waals surface area contributed by atoms with E-state index in [2.05, 4.69) is 35.8 Å². The van der Waals surface area contributed by atoms with Gasteiger partial charge in [-0.2, -0.15) is 0 Å². The summed E-state index contributed by atoms with van der Waals surface area (Å²) in [5.41, 5.74) is 3.32. The van der Waals surface area contributed by atoms with Gasteiger partial charge in [0, 0.05) is 20.5 Å². The Morgan fingerprint density at radius 1 is 1.19 bits per heavy atom. The van der Waals surface area contributed by atoms with Gasteiger partial charge in [-0.1, -0.05) is 53.5 Å². The van der Waals surface area contributed by atoms with E-state index in [0.29, 0.717) is 11.6 Å². The second kappa shape index (κ2) is 5.49. The lowest BCUT2D eigenvalue weighted by Gasteiger charge is -2.18. The van der Waals surface area contributed by atoms with E-state index in [-0.39, 0.29) is 10.8 Å². The Balaban J connectivity index is 2.01. The molecule has 1 aliphatic rings. The van der Waals surface area contributed by atoms with Crippen molar-refractivity contribution in [3.8, 4) is 5.75 Å². The number of rotatable bonds is 2. The molecule has 0 saturated carbocycles. The summed E-state index contributed by atoms with van der Waals surface area (Å²) in [6.45, 7) is 5.08. The van der Waals surface area contributed by atoms with Crippen LogP contribution in [0.2, 0.25) is 5.02 Å². The maximum atomic E-state index is 6.67. The highest BCUT2D eigenvalue weighted by Gasteiger charge is 2.32. The van der Waals surface area contributed by atoms with Gasteiger partial charge in [-0.25, -0.2) is 0 Å². The lowest BCUT2D eigenvalue weighted by molar-refractivity contribution is 0.291. The predicted octanol–water partition coefficient (Wildman–Crippen LogP) is 6.10. The first-order valence-electron chi connectivity index (χ1n) is 6.75. The summed E-state index contributed by atoms with van der Waals surface area (Å²) in [5.74, 6) is 0.961. The van der Waals surface area contributed by atoms with Crippen LogP contribution in [0.1, 0.15) is 35.9 Å². The average molecular weight is 386 g/mol. The Morgan fingerprint density at radius 2 is 1.95 bits per heavy atom. The smallest absolute Gasteiger partial charge is 0.123 e. The van der Waals surface area contributed by atoms with Crippen molar-refractivity contribution in [1.82, 2.24) is 0 Å². The van der Waals surface area contributed by atoms with Gasteiger partial charge in [-0.3, -0.25) is 0 Å². The topological polar surface area (TPSA) is 9.23 Å². The number of halogens is 3.